The van der Waals surface area contributed by atoms with Crippen LogP contribution in [0.25, 0.3) is 4.85 Å². The van der Waals surface area contributed by atoms with Crippen molar-refractivity contribution in [2.75, 3.05) is 9.80 Å². The monoisotopic (exact) mass is 359 g/mol. The highest BCUT2D eigenvalue weighted by molar-refractivity contribution is 6.30. The van der Waals surface area contributed by atoms with Crippen LogP contribution in [0.2, 0.25) is 0 Å². The number of carbonyl (C=O) groups excluding carboxylic acids is 3. The van der Waals surface area contributed by atoms with Crippen molar-refractivity contribution in [1.29, 1.82) is 0 Å². The van der Waals surface area contributed by atoms with Crippen molar-refractivity contribution >= 4 is 35.3 Å². The van der Waals surface area contributed by atoms with Crippen LogP contribution in [0, 0.1) is 13.5 Å². The van der Waals surface area contributed by atoms with Gasteiger partial charge in [0, 0.05) is 11.3 Å². The average molecular weight is 359 g/mol. The second-order valence-corrected chi connectivity index (χ2v) is 6.94. The number of nitrogens with zero attached hydrogens (tertiary/aromatic N) is 3. The van der Waals surface area contributed by atoms with Gasteiger partial charge in [-0.15, -0.1) is 0 Å². The van der Waals surface area contributed by atoms with Gasteiger partial charge in [-0.25, -0.2) is 14.5 Å². The van der Waals surface area contributed by atoms with Crippen LogP contribution in [0.1, 0.15) is 35.2 Å². The summed E-state index contributed by atoms with van der Waals surface area (Å²) in [5, 5.41) is 0. The molecule has 4 rings (SSSR count). The molecule has 1 saturated heterocycles. The van der Waals surface area contributed by atoms with Gasteiger partial charge >= 0.3 is 6.03 Å². The molecule has 2 aliphatic rings. The van der Waals surface area contributed by atoms with Crippen LogP contribution in [-0.2, 0) is 4.79 Å². The van der Waals surface area contributed by atoms with Crippen molar-refractivity contribution < 1.29 is 14.4 Å². The molecule has 6 nitrogen and oxygen atoms in total. The molecule has 2 aromatic carbocycles. The third kappa shape index (κ3) is 2.36. The van der Waals surface area contributed by atoms with Crippen LogP contribution in [0.3, 0.4) is 0 Å². The highest BCUT2D eigenvalue weighted by Crippen LogP contribution is 2.47. The first-order valence-electron chi connectivity index (χ1n) is 8.74. The Balaban J connectivity index is 1.78. The number of imide groups is 1. The third-order valence-electron chi connectivity index (χ3n) is 5.44. The van der Waals surface area contributed by atoms with Gasteiger partial charge in [0.05, 0.1) is 12.3 Å². The first kappa shape index (κ1) is 17.0. The van der Waals surface area contributed by atoms with Crippen LogP contribution < -0.4 is 9.80 Å². The Bertz CT molecular complexity index is 1000. The summed E-state index contributed by atoms with van der Waals surface area (Å²) in [7, 11) is 0. The Morgan fingerprint density at radius 2 is 1.74 bits per heavy atom. The van der Waals surface area contributed by atoms with E-state index in [1.54, 1.807) is 54.3 Å². The number of hydrogen-bond donors (Lipinski definition) is 0. The van der Waals surface area contributed by atoms with Crippen LogP contribution in [0.4, 0.5) is 21.9 Å². The Kier molecular flexibility index (Phi) is 3.81. The van der Waals surface area contributed by atoms with Crippen molar-refractivity contribution in [3.8, 4) is 0 Å². The van der Waals surface area contributed by atoms with Crippen molar-refractivity contribution in [2.24, 2.45) is 0 Å². The number of rotatable bonds is 3. The molecule has 6 heteroatoms. The molecule has 0 unspecified atom stereocenters. The molecule has 0 bridgehead atoms. The third-order valence-corrected chi connectivity index (χ3v) is 5.44. The van der Waals surface area contributed by atoms with E-state index in [9.17, 15) is 14.4 Å². The predicted molar refractivity (Wildman–Crippen MR) is 101 cm³/mol. The zero-order valence-corrected chi connectivity index (χ0v) is 14.8. The van der Waals surface area contributed by atoms with E-state index in [0.717, 1.165) is 18.3 Å². The molecule has 1 aliphatic heterocycles. The molecule has 0 atom stereocenters. The van der Waals surface area contributed by atoms with E-state index in [1.807, 2.05) is 0 Å². The van der Waals surface area contributed by atoms with E-state index in [0.29, 0.717) is 35.5 Å². The molecule has 27 heavy (non-hydrogen) atoms. The van der Waals surface area contributed by atoms with Gasteiger partial charge in [-0.05, 0) is 68.1 Å². The predicted octanol–water partition coefficient (Wildman–Crippen LogP) is 4.25. The van der Waals surface area contributed by atoms with Gasteiger partial charge in [0.25, 0.3) is 5.91 Å². The second-order valence-electron chi connectivity index (χ2n) is 6.94. The van der Waals surface area contributed by atoms with E-state index >= 15 is 0 Å². The summed E-state index contributed by atoms with van der Waals surface area (Å²) in [4.78, 5) is 43.6. The lowest BCUT2D eigenvalue weighted by Crippen LogP contribution is -2.55. The summed E-state index contributed by atoms with van der Waals surface area (Å²) < 4.78 is 0. The second kappa shape index (κ2) is 6.06. The lowest BCUT2D eigenvalue weighted by Gasteiger charge is -2.42. The van der Waals surface area contributed by atoms with E-state index in [2.05, 4.69) is 4.85 Å². The van der Waals surface area contributed by atoms with Gasteiger partial charge in [0.2, 0.25) is 0 Å². The summed E-state index contributed by atoms with van der Waals surface area (Å²) in [6.07, 6.45) is 2.85. The maximum atomic E-state index is 13.2. The number of aryl methyl sites for hydroxylation is 1. The van der Waals surface area contributed by atoms with Crippen LogP contribution >= 0.6 is 0 Å². The van der Waals surface area contributed by atoms with Gasteiger partial charge in [0.15, 0.2) is 5.69 Å². The zero-order valence-electron chi connectivity index (χ0n) is 14.8. The summed E-state index contributed by atoms with van der Waals surface area (Å²) in [5.74, 6) is -0.229. The number of amides is 3. The van der Waals surface area contributed by atoms with Crippen molar-refractivity contribution in [1.82, 2.24) is 0 Å². The molecule has 1 saturated carbocycles. The normalized spacial score (nSPS) is 17.8. The SMILES string of the molecule is [C-]#[N+]c1ccc(N2C(=O)N(c3ccc(C=O)cc3)C3(CCC3)C2=O)cc1C. The molecule has 0 radical (unpaired) electrons. The molecule has 1 spiro atoms. The summed E-state index contributed by atoms with van der Waals surface area (Å²) in [5.41, 5.74) is 1.97. The summed E-state index contributed by atoms with van der Waals surface area (Å²) in [6.45, 7) is 8.96. The zero-order chi connectivity index (χ0) is 19.2. The van der Waals surface area contributed by atoms with Gasteiger partial charge in [-0.1, -0.05) is 6.07 Å². The number of benzene rings is 2. The first-order valence-corrected chi connectivity index (χ1v) is 8.74. The Morgan fingerprint density at radius 3 is 2.26 bits per heavy atom. The summed E-state index contributed by atoms with van der Waals surface area (Å²) in [6, 6.07) is 11.3. The van der Waals surface area contributed by atoms with Gasteiger partial charge < -0.3 is 0 Å². The molecule has 2 fully saturated rings. The molecule has 0 N–H and O–H groups in total. The fourth-order valence-corrected chi connectivity index (χ4v) is 3.81. The maximum Gasteiger partial charge on any atom is 0.336 e. The van der Waals surface area contributed by atoms with Crippen molar-refractivity contribution in [2.45, 2.75) is 31.7 Å². The van der Waals surface area contributed by atoms with Gasteiger partial charge in [0.1, 0.15) is 11.8 Å². The largest absolute Gasteiger partial charge is 0.336 e. The lowest BCUT2D eigenvalue weighted by molar-refractivity contribution is -0.123. The fourth-order valence-electron chi connectivity index (χ4n) is 3.81. The van der Waals surface area contributed by atoms with Crippen molar-refractivity contribution in [3.05, 3.63) is 65.0 Å². The number of anilines is 2. The summed E-state index contributed by atoms with van der Waals surface area (Å²) >= 11 is 0. The standard InChI is InChI=1S/C21H17N3O3/c1-14-12-17(8-9-18(14)22-2)23-19(26)21(10-3-11-21)24(20(23)27)16-6-4-15(13-25)5-7-16/h4-9,12-13H,3,10-11H2,1H3. The molecular formula is C21H17N3O3. The lowest BCUT2D eigenvalue weighted by atomic mass is 9.75. The van der Waals surface area contributed by atoms with E-state index in [1.165, 1.54) is 4.90 Å². The van der Waals surface area contributed by atoms with E-state index < -0.39 is 11.6 Å². The number of hydrogen-bond acceptors (Lipinski definition) is 3. The highest BCUT2D eigenvalue weighted by atomic mass is 16.2. The molecule has 2 aromatic rings. The van der Waals surface area contributed by atoms with Crippen LogP contribution in [-0.4, -0.2) is 23.8 Å². The number of carbonyl (C=O) groups is 3. The number of urea groups is 1. The minimum Gasteiger partial charge on any atom is -0.298 e. The molecular weight excluding hydrogens is 342 g/mol. The van der Waals surface area contributed by atoms with Gasteiger partial charge in [-0.3, -0.25) is 14.5 Å². The number of aldehydes is 1. The Labute approximate surface area is 156 Å². The molecule has 1 heterocycles. The average Bonchev–Trinajstić information content (AvgIpc) is 2.88. The molecule has 3 amide bonds. The van der Waals surface area contributed by atoms with Crippen LogP contribution in [0.5, 0.6) is 0 Å². The minimum atomic E-state index is -0.855. The van der Waals surface area contributed by atoms with Gasteiger partial charge in [-0.2, -0.15) is 0 Å². The topological polar surface area (TPSA) is 62.1 Å². The minimum absolute atomic E-state index is 0.229. The Morgan fingerprint density at radius 1 is 1.07 bits per heavy atom. The van der Waals surface area contributed by atoms with E-state index in [4.69, 9.17) is 6.57 Å². The van der Waals surface area contributed by atoms with E-state index in [-0.39, 0.29) is 5.91 Å². The molecule has 0 aromatic heterocycles. The Hall–Kier alpha value is -3.46. The molecule has 134 valence electrons. The first-order chi connectivity index (χ1) is 13.0. The quantitative estimate of drug-likeness (QED) is 0.467. The van der Waals surface area contributed by atoms with Crippen molar-refractivity contribution in [3.63, 3.8) is 0 Å². The molecule has 1 aliphatic carbocycles. The van der Waals surface area contributed by atoms with Crippen LogP contribution in [0.15, 0.2) is 42.5 Å². The fraction of sp³-hybridized carbons (Fsp3) is 0.238. The highest BCUT2D eigenvalue weighted by Gasteiger charge is 2.61. The maximum absolute atomic E-state index is 13.2. The smallest absolute Gasteiger partial charge is 0.298 e.